The number of aromatic nitrogens is 2. The van der Waals surface area contributed by atoms with Crippen molar-refractivity contribution in [1.29, 1.82) is 0 Å². The molecule has 0 fully saturated rings. The summed E-state index contributed by atoms with van der Waals surface area (Å²) in [7, 11) is -1.97. The van der Waals surface area contributed by atoms with Crippen LogP contribution < -0.4 is 10.5 Å². The molecule has 114 valence electrons. The molecule has 2 rings (SSSR count). The summed E-state index contributed by atoms with van der Waals surface area (Å²) < 4.78 is 41.9. The zero-order valence-corrected chi connectivity index (χ0v) is 12.4. The molecule has 8 heteroatoms. The van der Waals surface area contributed by atoms with E-state index in [1.165, 1.54) is 12.1 Å². The van der Waals surface area contributed by atoms with E-state index in [0.717, 1.165) is 11.9 Å². The minimum absolute atomic E-state index is 0.0237. The largest absolute Gasteiger partial charge is 0.338 e. The number of sulfonamides is 1. The summed E-state index contributed by atoms with van der Waals surface area (Å²) in [4.78, 5) is 3.98. The summed E-state index contributed by atoms with van der Waals surface area (Å²) in [5.74, 6) is 0.146. The second kappa shape index (κ2) is 6.33. The van der Waals surface area contributed by atoms with E-state index in [0.29, 0.717) is 12.0 Å². The van der Waals surface area contributed by atoms with Crippen molar-refractivity contribution in [3.05, 3.63) is 47.8 Å². The van der Waals surface area contributed by atoms with Gasteiger partial charge in [-0.3, -0.25) is 0 Å². The average Bonchev–Trinajstić information content (AvgIpc) is 2.84. The van der Waals surface area contributed by atoms with E-state index in [2.05, 4.69) is 9.71 Å². The lowest BCUT2D eigenvalue weighted by Gasteiger charge is -2.10. The fourth-order valence-electron chi connectivity index (χ4n) is 1.96. The normalized spacial score (nSPS) is 11.8. The maximum Gasteiger partial charge on any atom is 0.241 e. The molecule has 0 atom stereocenters. The van der Waals surface area contributed by atoms with E-state index in [1.54, 1.807) is 12.4 Å². The number of nitrogens with zero attached hydrogens (tertiary/aromatic N) is 2. The van der Waals surface area contributed by atoms with Gasteiger partial charge in [-0.2, -0.15) is 0 Å². The molecule has 0 radical (unpaired) electrons. The first kappa shape index (κ1) is 15.6. The SMILES string of the molecule is Cn1ccnc1CCNS(=O)(=O)c1cc(F)ccc1CN. The first-order chi connectivity index (χ1) is 9.94. The van der Waals surface area contributed by atoms with E-state index in [1.807, 2.05) is 11.6 Å². The van der Waals surface area contributed by atoms with Crippen LogP contribution in [0.5, 0.6) is 0 Å². The van der Waals surface area contributed by atoms with Gasteiger partial charge in [-0.1, -0.05) is 6.07 Å². The maximum atomic E-state index is 13.3. The highest BCUT2D eigenvalue weighted by atomic mass is 32.2. The van der Waals surface area contributed by atoms with Gasteiger partial charge in [0.05, 0.1) is 4.90 Å². The van der Waals surface area contributed by atoms with Gasteiger partial charge in [-0.25, -0.2) is 22.5 Å². The Labute approximate surface area is 122 Å². The smallest absolute Gasteiger partial charge is 0.241 e. The average molecular weight is 312 g/mol. The lowest BCUT2D eigenvalue weighted by molar-refractivity contribution is 0.574. The first-order valence-electron chi connectivity index (χ1n) is 6.38. The van der Waals surface area contributed by atoms with Crippen molar-refractivity contribution in [2.24, 2.45) is 12.8 Å². The van der Waals surface area contributed by atoms with Gasteiger partial charge in [0.25, 0.3) is 0 Å². The third-order valence-corrected chi connectivity index (χ3v) is 4.64. The number of halogens is 1. The Bertz CT molecular complexity index is 728. The molecule has 0 aliphatic rings. The fourth-order valence-corrected chi connectivity index (χ4v) is 3.25. The number of rotatable bonds is 6. The molecule has 6 nitrogen and oxygen atoms in total. The number of nitrogens with two attached hydrogens (primary N) is 1. The van der Waals surface area contributed by atoms with Crippen LogP contribution in [0.4, 0.5) is 4.39 Å². The van der Waals surface area contributed by atoms with Crippen LogP contribution in [0.3, 0.4) is 0 Å². The summed E-state index contributed by atoms with van der Waals surface area (Å²) >= 11 is 0. The van der Waals surface area contributed by atoms with Crippen LogP contribution in [0.15, 0.2) is 35.5 Å². The van der Waals surface area contributed by atoms with Gasteiger partial charge in [-0.15, -0.1) is 0 Å². The number of hydrogen-bond donors (Lipinski definition) is 2. The second-order valence-corrected chi connectivity index (χ2v) is 6.29. The predicted octanol–water partition coefficient (Wildman–Crippen LogP) is 0.539. The monoisotopic (exact) mass is 312 g/mol. The lowest BCUT2D eigenvalue weighted by Crippen LogP contribution is -2.28. The van der Waals surface area contributed by atoms with E-state index in [-0.39, 0.29) is 18.0 Å². The Morgan fingerprint density at radius 1 is 1.43 bits per heavy atom. The van der Waals surface area contributed by atoms with Crippen LogP contribution in [0.1, 0.15) is 11.4 Å². The molecule has 0 amide bonds. The molecule has 0 saturated heterocycles. The predicted molar refractivity (Wildman–Crippen MR) is 76.4 cm³/mol. The van der Waals surface area contributed by atoms with Crippen molar-refractivity contribution < 1.29 is 12.8 Å². The molecule has 0 aliphatic heterocycles. The van der Waals surface area contributed by atoms with Gasteiger partial charge in [0.2, 0.25) is 10.0 Å². The molecular formula is C13H17FN4O2S. The zero-order valence-electron chi connectivity index (χ0n) is 11.6. The Balaban J connectivity index is 2.12. The van der Waals surface area contributed by atoms with Crippen molar-refractivity contribution in [2.45, 2.75) is 17.9 Å². The molecule has 3 N–H and O–H groups in total. The third kappa shape index (κ3) is 3.66. The van der Waals surface area contributed by atoms with Crippen LogP contribution in [0.25, 0.3) is 0 Å². The molecule has 1 aromatic carbocycles. The molecule has 0 unspecified atom stereocenters. The molecule has 2 aromatic rings. The Kier molecular flexibility index (Phi) is 4.71. The van der Waals surface area contributed by atoms with Gasteiger partial charge in [0.15, 0.2) is 0 Å². The minimum atomic E-state index is -3.80. The molecule has 0 spiro atoms. The second-order valence-electron chi connectivity index (χ2n) is 4.56. The van der Waals surface area contributed by atoms with E-state index >= 15 is 0 Å². The van der Waals surface area contributed by atoms with Gasteiger partial charge >= 0.3 is 0 Å². The number of aryl methyl sites for hydroxylation is 1. The van der Waals surface area contributed by atoms with Crippen LogP contribution >= 0.6 is 0 Å². The highest BCUT2D eigenvalue weighted by molar-refractivity contribution is 7.89. The van der Waals surface area contributed by atoms with E-state index in [4.69, 9.17) is 5.73 Å². The lowest BCUT2D eigenvalue weighted by atomic mass is 10.2. The van der Waals surface area contributed by atoms with Crippen LogP contribution in [-0.4, -0.2) is 24.5 Å². The Morgan fingerprint density at radius 2 is 2.19 bits per heavy atom. The first-order valence-corrected chi connectivity index (χ1v) is 7.86. The number of benzene rings is 1. The Hall–Kier alpha value is -1.77. The molecule has 0 bridgehead atoms. The van der Waals surface area contributed by atoms with Gasteiger partial charge in [-0.05, 0) is 17.7 Å². The van der Waals surface area contributed by atoms with E-state index < -0.39 is 15.8 Å². The summed E-state index contributed by atoms with van der Waals surface area (Å²) in [6.45, 7) is 0.198. The Morgan fingerprint density at radius 3 is 2.81 bits per heavy atom. The molecular weight excluding hydrogens is 295 g/mol. The topological polar surface area (TPSA) is 90.0 Å². The zero-order chi connectivity index (χ0) is 15.5. The minimum Gasteiger partial charge on any atom is -0.338 e. The van der Waals surface area contributed by atoms with Gasteiger partial charge in [0.1, 0.15) is 11.6 Å². The van der Waals surface area contributed by atoms with Crippen LogP contribution in [0.2, 0.25) is 0 Å². The van der Waals surface area contributed by atoms with Crippen LogP contribution in [0, 0.1) is 5.82 Å². The summed E-state index contributed by atoms with van der Waals surface area (Å²) in [5.41, 5.74) is 5.87. The third-order valence-electron chi connectivity index (χ3n) is 3.10. The van der Waals surface area contributed by atoms with E-state index in [9.17, 15) is 12.8 Å². The van der Waals surface area contributed by atoms with Crippen molar-refractivity contribution >= 4 is 10.0 Å². The van der Waals surface area contributed by atoms with Crippen molar-refractivity contribution in [3.63, 3.8) is 0 Å². The van der Waals surface area contributed by atoms with Gasteiger partial charge in [0, 0.05) is 39.0 Å². The van der Waals surface area contributed by atoms with Crippen molar-refractivity contribution in [1.82, 2.24) is 14.3 Å². The highest BCUT2D eigenvalue weighted by Crippen LogP contribution is 2.16. The molecule has 1 heterocycles. The van der Waals surface area contributed by atoms with Crippen molar-refractivity contribution in [2.75, 3.05) is 6.54 Å². The van der Waals surface area contributed by atoms with Crippen molar-refractivity contribution in [3.8, 4) is 0 Å². The summed E-state index contributed by atoms with van der Waals surface area (Å²) in [6, 6.07) is 3.54. The molecule has 0 saturated carbocycles. The quantitative estimate of drug-likeness (QED) is 0.814. The molecule has 21 heavy (non-hydrogen) atoms. The highest BCUT2D eigenvalue weighted by Gasteiger charge is 2.18. The number of nitrogens with one attached hydrogen (secondary N) is 1. The molecule has 1 aromatic heterocycles. The standard InChI is InChI=1S/C13H17FN4O2S/c1-18-7-6-16-13(18)4-5-17-21(19,20)12-8-11(14)3-2-10(12)9-15/h2-3,6-8,17H,4-5,9,15H2,1H3. The fraction of sp³-hybridized carbons (Fsp3) is 0.308. The number of hydrogen-bond acceptors (Lipinski definition) is 4. The van der Waals surface area contributed by atoms with Gasteiger partial charge < -0.3 is 10.3 Å². The summed E-state index contributed by atoms with van der Waals surface area (Å²) in [6.07, 6.45) is 3.86. The summed E-state index contributed by atoms with van der Waals surface area (Å²) in [5, 5.41) is 0. The van der Waals surface area contributed by atoms with Crippen LogP contribution in [-0.2, 0) is 30.0 Å². The maximum absolute atomic E-state index is 13.3. The molecule has 0 aliphatic carbocycles. The number of imidazole rings is 1.